The summed E-state index contributed by atoms with van der Waals surface area (Å²) in [5, 5.41) is 0. The lowest BCUT2D eigenvalue weighted by Crippen LogP contribution is -2.19. The molecule has 2 heteroatoms. The van der Waals surface area contributed by atoms with E-state index in [1.807, 2.05) is 43.4 Å². The fourth-order valence-electron chi connectivity index (χ4n) is 2.26. The quantitative estimate of drug-likeness (QED) is 0.671. The number of fused-ring (bicyclic) bond motifs is 1. The molecule has 0 bridgehead atoms. The second-order valence-electron chi connectivity index (χ2n) is 4.64. The molecule has 0 radical (unpaired) electrons. The molecule has 1 aliphatic carbocycles. The van der Waals surface area contributed by atoms with Crippen molar-refractivity contribution in [3.05, 3.63) is 47.2 Å². The number of hydrogen-bond acceptors (Lipinski definition) is 2. The van der Waals surface area contributed by atoms with E-state index in [4.69, 9.17) is 0 Å². The van der Waals surface area contributed by atoms with Crippen LogP contribution < -0.4 is 0 Å². The van der Waals surface area contributed by atoms with E-state index in [1.165, 1.54) is 5.56 Å². The van der Waals surface area contributed by atoms with Crippen molar-refractivity contribution in [2.24, 2.45) is 0 Å². The van der Waals surface area contributed by atoms with Crippen LogP contribution in [0, 0.1) is 0 Å². The molecule has 0 heterocycles. The number of carbonyl (C=O) groups is 1. The zero-order valence-electron chi connectivity index (χ0n) is 10.0. The van der Waals surface area contributed by atoms with Gasteiger partial charge in [-0.05, 0) is 17.9 Å². The molecule has 0 N–H and O–H groups in total. The molecule has 1 aliphatic rings. The Balaban J connectivity index is 2.46. The van der Waals surface area contributed by atoms with Crippen LogP contribution in [0.2, 0.25) is 0 Å². The summed E-state index contributed by atoms with van der Waals surface area (Å²) < 4.78 is 0. The Bertz CT molecular complexity index is 446. The lowest BCUT2D eigenvalue weighted by molar-refractivity contribution is 0.102. The topological polar surface area (TPSA) is 20.3 Å². The summed E-state index contributed by atoms with van der Waals surface area (Å²) >= 11 is 0. The maximum atomic E-state index is 12.2. The average Bonchev–Trinajstić information content (AvgIpc) is 2.25. The fraction of sp³-hybridized carbons (Fsp3) is 0.357. The summed E-state index contributed by atoms with van der Waals surface area (Å²) in [5.41, 5.74) is 2.97. The second-order valence-corrected chi connectivity index (χ2v) is 4.64. The van der Waals surface area contributed by atoms with Gasteiger partial charge in [0.15, 0.2) is 5.78 Å². The molecule has 0 amide bonds. The first-order chi connectivity index (χ1) is 7.59. The molecule has 2 rings (SSSR count). The molecule has 0 aliphatic heterocycles. The highest BCUT2D eigenvalue weighted by Gasteiger charge is 2.26. The van der Waals surface area contributed by atoms with Gasteiger partial charge in [0.2, 0.25) is 0 Å². The van der Waals surface area contributed by atoms with Crippen molar-refractivity contribution < 1.29 is 4.79 Å². The van der Waals surface area contributed by atoms with Gasteiger partial charge in [-0.3, -0.25) is 4.79 Å². The third-order valence-electron chi connectivity index (χ3n) is 2.97. The van der Waals surface area contributed by atoms with E-state index < -0.39 is 0 Å². The first kappa shape index (κ1) is 10.9. The first-order valence-corrected chi connectivity index (χ1v) is 5.60. The number of benzene rings is 1. The molecule has 1 atom stereocenters. The minimum Gasteiger partial charge on any atom is -0.383 e. The van der Waals surface area contributed by atoms with Crippen LogP contribution in [0.25, 0.3) is 0 Å². The van der Waals surface area contributed by atoms with Gasteiger partial charge in [0.05, 0.1) is 0 Å². The predicted octanol–water partition coefficient (Wildman–Crippen LogP) is 2.82. The van der Waals surface area contributed by atoms with Crippen molar-refractivity contribution in [1.29, 1.82) is 0 Å². The number of nitrogens with zero attached hydrogens (tertiary/aromatic N) is 1. The van der Waals surface area contributed by atoms with Gasteiger partial charge in [-0.25, -0.2) is 0 Å². The van der Waals surface area contributed by atoms with Crippen LogP contribution >= 0.6 is 0 Å². The summed E-state index contributed by atoms with van der Waals surface area (Å²) in [6, 6.07) is 7.92. The molecule has 1 aromatic rings. The maximum Gasteiger partial charge on any atom is 0.190 e. The molecule has 0 aromatic heterocycles. The molecule has 1 unspecified atom stereocenters. The van der Waals surface area contributed by atoms with Gasteiger partial charge in [0.1, 0.15) is 0 Å². The summed E-state index contributed by atoms with van der Waals surface area (Å²) in [7, 11) is 3.90. The SMILES string of the molecule is CC1C/C(=C\N(C)C)C(=O)c2ccccc21. The van der Waals surface area contributed by atoms with Crippen molar-refractivity contribution >= 4 is 5.78 Å². The number of rotatable bonds is 1. The van der Waals surface area contributed by atoms with Gasteiger partial charge in [-0.15, -0.1) is 0 Å². The summed E-state index contributed by atoms with van der Waals surface area (Å²) in [4.78, 5) is 14.1. The number of Topliss-reactive ketones (excluding diaryl/α,β-unsaturated/α-hetero) is 1. The summed E-state index contributed by atoms with van der Waals surface area (Å²) in [6.07, 6.45) is 2.78. The second kappa shape index (κ2) is 4.12. The zero-order valence-corrected chi connectivity index (χ0v) is 10.0. The molecular formula is C14H17NO. The zero-order chi connectivity index (χ0) is 11.7. The lowest BCUT2D eigenvalue weighted by Gasteiger charge is -2.24. The molecule has 84 valence electrons. The van der Waals surface area contributed by atoms with E-state index in [1.54, 1.807) is 0 Å². The average molecular weight is 215 g/mol. The van der Waals surface area contributed by atoms with Crippen LogP contribution in [0.1, 0.15) is 35.2 Å². The van der Waals surface area contributed by atoms with Crippen molar-refractivity contribution in [2.45, 2.75) is 19.3 Å². The Labute approximate surface area is 96.6 Å². The Morgan fingerprint density at radius 3 is 2.69 bits per heavy atom. The minimum atomic E-state index is 0.183. The fourth-order valence-corrected chi connectivity index (χ4v) is 2.26. The standard InChI is InChI=1S/C14H17NO/c1-10-8-11(9-15(2)3)14(16)13-7-5-4-6-12(10)13/h4-7,9-10H,8H2,1-3H3/b11-9+. The normalized spacial score (nSPS) is 22.1. The Morgan fingerprint density at radius 1 is 1.31 bits per heavy atom. The van der Waals surface area contributed by atoms with Crippen LogP contribution in [0.3, 0.4) is 0 Å². The minimum absolute atomic E-state index is 0.183. The van der Waals surface area contributed by atoms with Gasteiger partial charge < -0.3 is 4.90 Å². The molecule has 0 saturated heterocycles. The number of ketones is 1. The summed E-state index contributed by atoms with van der Waals surface area (Å²) in [5.74, 6) is 0.613. The van der Waals surface area contributed by atoms with Crippen LogP contribution in [-0.4, -0.2) is 24.8 Å². The molecule has 0 spiro atoms. The Morgan fingerprint density at radius 2 is 2.00 bits per heavy atom. The van der Waals surface area contributed by atoms with E-state index in [0.29, 0.717) is 5.92 Å². The van der Waals surface area contributed by atoms with E-state index in [9.17, 15) is 4.79 Å². The van der Waals surface area contributed by atoms with Gasteiger partial charge in [0, 0.05) is 31.4 Å². The highest BCUT2D eigenvalue weighted by Crippen LogP contribution is 2.33. The highest BCUT2D eigenvalue weighted by atomic mass is 16.1. The Hall–Kier alpha value is -1.57. The van der Waals surface area contributed by atoms with Gasteiger partial charge in [0.25, 0.3) is 0 Å². The third-order valence-corrected chi connectivity index (χ3v) is 2.97. The van der Waals surface area contributed by atoms with Crippen molar-refractivity contribution in [1.82, 2.24) is 4.90 Å². The van der Waals surface area contributed by atoms with Crippen LogP contribution in [0.5, 0.6) is 0 Å². The largest absolute Gasteiger partial charge is 0.383 e. The molecule has 0 fully saturated rings. The highest BCUT2D eigenvalue weighted by molar-refractivity contribution is 6.10. The molecular weight excluding hydrogens is 198 g/mol. The van der Waals surface area contributed by atoms with Gasteiger partial charge >= 0.3 is 0 Å². The lowest BCUT2D eigenvalue weighted by atomic mass is 9.80. The van der Waals surface area contributed by atoms with Crippen molar-refractivity contribution in [3.8, 4) is 0 Å². The number of carbonyl (C=O) groups excluding carboxylic acids is 1. The molecule has 1 aromatic carbocycles. The van der Waals surface area contributed by atoms with Crippen LogP contribution in [0.15, 0.2) is 36.0 Å². The molecule has 0 saturated carbocycles. The van der Waals surface area contributed by atoms with Crippen LogP contribution in [-0.2, 0) is 0 Å². The Kier molecular flexibility index (Phi) is 2.82. The van der Waals surface area contributed by atoms with Gasteiger partial charge in [-0.1, -0.05) is 31.2 Å². The van der Waals surface area contributed by atoms with E-state index in [-0.39, 0.29) is 5.78 Å². The maximum absolute atomic E-state index is 12.2. The van der Waals surface area contributed by atoms with Gasteiger partial charge in [-0.2, -0.15) is 0 Å². The smallest absolute Gasteiger partial charge is 0.190 e. The number of hydrogen-bond donors (Lipinski definition) is 0. The van der Waals surface area contributed by atoms with E-state index >= 15 is 0 Å². The van der Waals surface area contributed by atoms with E-state index in [0.717, 1.165) is 17.6 Å². The third kappa shape index (κ3) is 1.87. The summed E-state index contributed by atoms with van der Waals surface area (Å²) in [6.45, 7) is 2.18. The molecule has 2 nitrogen and oxygen atoms in total. The van der Waals surface area contributed by atoms with Crippen LogP contribution in [0.4, 0.5) is 0 Å². The molecule has 16 heavy (non-hydrogen) atoms. The monoisotopic (exact) mass is 215 g/mol. The van der Waals surface area contributed by atoms with Crippen molar-refractivity contribution in [2.75, 3.05) is 14.1 Å². The predicted molar refractivity (Wildman–Crippen MR) is 65.6 cm³/mol. The first-order valence-electron chi connectivity index (χ1n) is 5.60. The number of allylic oxidation sites excluding steroid dienone is 1. The van der Waals surface area contributed by atoms with Crippen molar-refractivity contribution in [3.63, 3.8) is 0 Å². The van der Waals surface area contributed by atoms with E-state index in [2.05, 4.69) is 13.0 Å².